The Morgan fingerprint density at radius 3 is 2.56 bits per heavy atom. The van der Waals surface area contributed by atoms with E-state index in [-0.39, 0.29) is 17.3 Å². The number of ether oxygens (including phenoxy) is 1. The first kappa shape index (κ1) is 28.4. The van der Waals surface area contributed by atoms with Gasteiger partial charge in [-0.1, -0.05) is 51.5 Å². The number of nitrogens with zero attached hydrogens (tertiary/aromatic N) is 3. The minimum absolute atomic E-state index is 0.0661. The zero-order chi connectivity index (χ0) is 25.3. The lowest BCUT2D eigenvalue weighted by atomic mass is 10.0. The van der Waals surface area contributed by atoms with Crippen LogP contribution >= 0.6 is 7.82 Å². The second-order valence-electron chi connectivity index (χ2n) is 8.39. The zero-order valence-corrected chi connectivity index (χ0v) is 20.7. The largest absolute Gasteiger partial charge is 0.469 e. The van der Waals surface area contributed by atoms with Gasteiger partial charge in [0.05, 0.1) is 12.9 Å². The Morgan fingerprint density at radius 2 is 1.91 bits per heavy atom. The van der Waals surface area contributed by atoms with Gasteiger partial charge in [0.25, 0.3) is 0 Å². The summed E-state index contributed by atoms with van der Waals surface area (Å²) in [5.41, 5.74) is 13.6. The Hall–Kier alpha value is -1.79. The van der Waals surface area contributed by atoms with Crippen molar-refractivity contribution in [3.05, 3.63) is 23.8 Å². The average molecular weight is 504 g/mol. The van der Waals surface area contributed by atoms with E-state index in [1.807, 2.05) is 0 Å². The van der Waals surface area contributed by atoms with Crippen molar-refractivity contribution in [3.63, 3.8) is 0 Å². The monoisotopic (exact) mass is 503 g/mol. The van der Waals surface area contributed by atoms with Gasteiger partial charge in [-0.15, -0.1) is 0 Å². The number of phosphoric acid groups is 1. The Kier molecular flexibility index (Phi) is 11.2. The highest BCUT2D eigenvalue weighted by atomic mass is 31.2. The number of nitrogen functional groups attached to an aromatic ring is 1. The fourth-order valence-electron chi connectivity index (χ4n) is 3.72. The molecule has 34 heavy (non-hydrogen) atoms. The molecular formula is C21H38N5O7P. The number of aliphatic hydroxyl groups excluding tert-OH is 2. The van der Waals surface area contributed by atoms with Crippen LogP contribution in [0, 0.1) is 0 Å². The maximum atomic E-state index is 10.9. The number of allylic oxidation sites excluding steroid dienone is 1. The summed E-state index contributed by atoms with van der Waals surface area (Å²) in [7, 11) is -4.76. The minimum atomic E-state index is -4.76. The van der Waals surface area contributed by atoms with Crippen LogP contribution in [-0.2, 0) is 13.8 Å². The molecule has 8 N–H and O–H groups in total. The SMILES string of the molecule is CCCCCCCC/C(=C/N=C(N)c1ncn(C2OC(COP(=O)(O)O)C(O)C2O)c1N)CC. The predicted octanol–water partition coefficient (Wildman–Crippen LogP) is 1.94. The van der Waals surface area contributed by atoms with E-state index in [2.05, 4.69) is 28.3 Å². The quantitative estimate of drug-likeness (QED) is 0.0943. The molecule has 1 aliphatic rings. The van der Waals surface area contributed by atoms with Gasteiger partial charge in [-0.25, -0.2) is 14.5 Å². The molecule has 13 heteroatoms. The molecule has 4 unspecified atom stereocenters. The van der Waals surface area contributed by atoms with E-state index >= 15 is 0 Å². The maximum Gasteiger partial charge on any atom is 0.469 e. The number of aliphatic imine (C=N–C) groups is 1. The molecule has 1 aliphatic heterocycles. The van der Waals surface area contributed by atoms with Crippen LogP contribution in [-0.4, -0.2) is 60.3 Å². The van der Waals surface area contributed by atoms with Gasteiger partial charge in [0.15, 0.2) is 12.1 Å². The number of imidazole rings is 1. The Morgan fingerprint density at radius 1 is 1.24 bits per heavy atom. The summed E-state index contributed by atoms with van der Waals surface area (Å²) in [6.45, 7) is 3.64. The molecule has 12 nitrogen and oxygen atoms in total. The number of aromatic nitrogens is 2. The molecule has 1 saturated heterocycles. The Bertz CT molecular complexity index is 885. The first-order valence-electron chi connectivity index (χ1n) is 11.6. The average Bonchev–Trinajstić information content (AvgIpc) is 3.30. The summed E-state index contributed by atoms with van der Waals surface area (Å²) in [5.74, 6) is 0.163. The molecule has 0 aliphatic carbocycles. The number of unbranched alkanes of at least 4 members (excludes halogenated alkanes) is 5. The van der Waals surface area contributed by atoms with Crippen LogP contribution in [0.25, 0.3) is 0 Å². The summed E-state index contributed by atoms with van der Waals surface area (Å²) in [6, 6.07) is 0. The van der Waals surface area contributed by atoms with E-state index in [0.29, 0.717) is 0 Å². The summed E-state index contributed by atoms with van der Waals surface area (Å²) in [4.78, 5) is 26.2. The number of anilines is 1. The predicted molar refractivity (Wildman–Crippen MR) is 128 cm³/mol. The van der Waals surface area contributed by atoms with E-state index in [4.69, 9.17) is 26.0 Å². The standard InChI is InChI=1S/C21H38N5O7P/c1-3-5-6-7-8-9-10-14(4-2)11-24-19(22)16-20(23)26(13-25-16)21-18(28)17(27)15(33-21)12-32-34(29,30)31/h11,13,15,17-18,21,27-28H,3-10,12,23H2,1-2H3,(H2,22,24)(H2,29,30,31)/b14-11+. The van der Waals surface area contributed by atoms with E-state index in [9.17, 15) is 14.8 Å². The van der Waals surface area contributed by atoms with Gasteiger partial charge in [0.2, 0.25) is 0 Å². The number of amidine groups is 1. The third kappa shape index (κ3) is 8.16. The second-order valence-corrected chi connectivity index (χ2v) is 9.63. The highest BCUT2D eigenvalue weighted by Crippen LogP contribution is 2.38. The molecule has 0 bridgehead atoms. The highest BCUT2D eigenvalue weighted by molar-refractivity contribution is 7.46. The van der Waals surface area contributed by atoms with Gasteiger partial charge in [-0.3, -0.25) is 9.09 Å². The van der Waals surface area contributed by atoms with Crippen molar-refractivity contribution in [2.24, 2.45) is 10.7 Å². The van der Waals surface area contributed by atoms with Crippen molar-refractivity contribution in [1.29, 1.82) is 0 Å². The summed E-state index contributed by atoms with van der Waals surface area (Å²) in [6.07, 6.45) is 6.90. The zero-order valence-electron chi connectivity index (χ0n) is 19.8. The molecule has 0 spiro atoms. The molecule has 0 radical (unpaired) electrons. The molecule has 4 atom stereocenters. The van der Waals surface area contributed by atoms with Crippen molar-refractivity contribution in [3.8, 4) is 0 Å². The summed E-state index contributed by atoms with van der Waals surface area (Å²) >= 11 is 0. The van der Waals surface area contributed by atoms with Gasteiger partial charge < -0.3 is 36.2 Å². The smallest absolute Gasteiger partial charge is 0.387 e. The Labute approximate surface area is 199 Å². The molecule has 0 saturated carbocycles. The molecule has 1 fully saturated rings. The lowest BCUT2D eigenvalue weighted by molar-refractivity contribution is -0.0510. The Balaban J connectivity index is 2.03. The minimum Gasteiger partial charge on any atom is -0.387 e. The van der Waals surface area contributed by atoms with Crippen molar-refractivity contribution in [2.45, 2.75) is 89.8 Å². The van der Waals surface area contributed by atoms with Crippen LogP contribution in [0.5, 0.6) is 0 Å². The lowest BCUT2D eigenvalue weighted by Crippen LogP contribution is -2.33. The van der Waals surface area contributed by atoms with Crippen LogP contribution in [0.1, 0.15) is 77.1 Å². The number of aliphatic hydroxyl groups is 2. The molecule has 194 valence electrons. The third-order valence-corrected chi connectivity index (χ3v) is 6.27. The van der Waals surface area contributed by atoms with E-state index < -0.39 is 39.0 Å². The number of nitrogens with two attached hydrogens (primary N) is 2. The van der Waals surface area contributed by atoms with Gasteiger partial charge in [-0.05, 0) is 19.3 Å². The van der Waals surface area contributed by atoms with Crippen molar-refractivity contribution < 1.29 is 33.8 Å². The lowest BCUT2D eigenvalue weighted by Gasteiger charge is -2.17. The van der Waals surface area contributed by atoms with Crippen LogP contribution < -0.4 is 11.5 Å². The van der Waals surface area contributed by atoms with E-state index in [1.165, 1.54) is 48.6 Å². The van der Waals surface area contributed by atoms with Crippen LogP contribution in [0.4, 0.5) is 5.82 Å². The topological polar surface area (TPSA) is 199 Å². The summed E-state index contributed by atoms with van der Waals surface area (Å²) in [5, 5.41) is 20.5. The first-order chi connectivity index (χ1) is 16.1. The molecule has 2 rings (SSSR count). The third-order valence-electron chi connectivity index (χ3n) is 5.78. The van der Waals surface area contributed by atoms with Gasteiger partial charge in [-0.2, -0.15) is 0 Å². The molecule has 0 aromatic carbocycles. The molecule has 1 aromatic heterocycles. The number of phosphoric ester groups is 1. The van der Waals surface area contributed by atoms with Gasteiger partial charge in [0, 0.05) is 6.20 Å². The number of rotatable bonds is 14. The van der Waals surface area contributed by atoms with Gasteiger partial charge >= 0.3 is 7.82 Å². The van der Waals surface area contributed by atoms with Crippen molar-refractivity contribution in [2.75, 3.05) is 12.3 Å². The maximum absolute atomic E-state index is 10.9. The normalized spacial score (nSPS) is 24.2. The fraction of sp³-hybridized carbons (Fsp3) is 0.714. The fourth-order valence-corrected chi connectivity index (χ4v) is 4.07. The summed E-state index contributed by atoms with van der Waals surface area (Å²) < 4.78 is 22.1. The van der Waals surface area contributed by atoms with Gasteiger partial charge in [0.1, 0.15) is 29.8 Å². The van der Waals surface area contributed by atoms with Crippen LogP contribution in [0.2, 0.25) is 0 Å². The van der Waals surface area contributed by atoms with Crippen LogP contribution in [0.15, 0.2) is 23.1 Å². The van der Waals surface area contributed by atoms with Crippen molar-refractivity contribution in [1.82, 2.24) is 9.55 Å². The highest BCUT2D eigenvalue weighted by Gasteiger charge is 2.45. The first-order valence-corrected chi connectivity index (χ1v) is 13.2. The second kappa shape index (κ2) is 13.3. The van der Waals surface area contributed by atoms with E-state index in [1.54, 1.807) is 6.20 Å². The van der Waals surface area contributed by atoms with E-state index in [0.717, 1.165) is 19.3 Å². The molecule has 0 amide bonds. The number of hydrogen-bond donors (Lipinski definition) is 6. The van der Waals surface area contributed by atoms with Crippen LogP contribution in [0.3, 0.4) is 0 Å². The molecule has 1 aromatic rings. The van der Waals surface area contributed by atoms with Crippen molar-refractivity contribution >= 4 is 19.5 Å². The molecular weight excluding hydrogens is 465 g/mol. The molecule has 2 heterocycles. The number of hydrogen-bond acceptors (Lipinski definition) is 8.